The van der Waals surface area contributed by atoms with Gasteiger partial charge in [-0.3, -0.25) is 4.79 Å². The third kappa shape index (κ3) is 5.69. The first-order valence-corrected chi connectivity index (χ1v) is 9.39. The van der Waals surface area contributed by atoms with E-state index in [2.05, 4.69) is 36.1 Å². The van der Waals surface area contributed by atoms with Gasteiger partial charge in [0, 0.05) is 31.1 Å². The number of aromatic nitrogens is 3. The van der Waals surface area contributed by atoms with Crippen molar-refractivity contribution in [2.75, 3.05) is 19.6 Å². The van der Waals surface area contributed by atoms with E-state index >= 15 is 0 Å². The van der Waals surface area contributed by atoms with E-state index in [1.165, 1.54) is 5.56 Å². The minimum atomic E-state index is -0.0272. The number of aryl methyl sites for hydroxylation is 1. The molecule has 29 heavy (non-hydrogen) atoms. The monoisotopic (exact) mass is 437 g/mol. The molecule has 0 bridgehead atoms. The summed E-state index contributed by atoms with van der Waals surface area (Å²) in [6.07, 6.45) is 2.57. The molecule has 0 saturated carbocycles. The molecule has 0 aliphatic heterocycles. The molecular weight excluding hydrogens is 409 g/mol. The van der Waals surface area contributed by atoms with Gasteiger partial charge in [-0.1, -0.05) is 30.3 Å². The molecule has 0 fully saturated rings. The number of carbonyl (C=O) groups excluding carboxylic acids is 1. The Labute approximate surface area is 184 Å². The molecule has 2 N–H and O–H groups in total. The number of nitrogens with two attached hydrogens (primary N) is 1. The highest BCUT2D eigenvalue weighted by molar-refractivity contribution is 5.98. The van der Waals surface area contributed by atoms with Gasteiger partial charge in [-0.15, -0.1) is 24.8 Å². The summed E-state index contributed by atoms with van der Waals surface area (Å²) in [7, 11) is 0. The first-order valence-electron chi connectivity index (χ1n) is 9.39. The molecule has 2 heterocycles. The minimum Gasteiger partial charge on any atom is -0.337 e. The topological polar surface area (TPSA) is 77.0 Å². The van der Waals surface area contributed by atoms with Gasteiger partial charge in [0.25, 0.3) is 5.91 Å². The fourth-order valence-electron chi connectivity index (χ4n) is 3.21. The third-order valence-corrected chi connectivity index (χ3v) is 4.68. The molecule has 1 aromatic carbocycles. The van der Waals surface area contributed by atoms with Crippen LogP contribution >= 0.6 is 24.8 Å². The first kappa shape index (κ1) is 24.9. The van der Waals surface area contributed by atoms with Gasteiger partial charge >= 0.3 is 0 Å². The van der Waals surface area contributed by atoms with E-state index in [1.807, 2.05) is 40.8 Å². The van der Waals surface area contributed by atoms with Crippen molar-refractivity contribution >= 4 is 41.8 Å². The predicted molar refractivity (Wildman–Crippen MR) is 122 cm³/mol. The summed E-state index contributed by atoms with van der Waals surface area (Å²) >= 11 is 0. The van der Waals surface area contributed by atoms with Gasteiger partial charge in [0.05, 0.1) is 17.5 Å². The Kier molecular flexibility index (Phi) is 9.56. The zero-order valence-electron chi connectivity index (χ0n) is 17.0. The molecule has 0 aliphatic rings. The van der Waals surface area contributed by atoms with E-state index in [-0.39, 0.29) is 36.8 Å². The van der Waals surface area contributed by atoms with Crippen LogP contribution in [0.5, 0.6) is 0 Å². The predicted octanol–water partition coefficient (Wildman–Crippen LogP) is 3.81. The van der Waals surface area contributed by atoms with E-state index in [4.69, 9.17) is 5.73 Å². The second kappa shape index (κ2) is 11.1. The molecule has 1 amide bonds. The van der Waals surface area contributed by atoms with Crippen LogP contribution in [0.3, 0.4) is 0 Å². The molecule has 0 radical (unpaired) electrons. The molecule has 0 atom stereocenters. The SMILES string of the molecule is Cc1nc2c(cnn2C(C)C)cc1C(=O)N(CCN)CCc1ccccc1.Cl.Cl. The first-order chi connectivity index (χ1) is 13.0. The maximum absolute atomic E-state index is 13.2. The maximum Gasteiger partial charge on any atom is 0.255 e. The molecule has 6 nitrogen and oxygen atoms in total. The lowest BCUT2D eigenvalue weighted by molar-refractivity contribution is 0.0761. The summed E-state index contributed by atoms with van der Waals surface area (Å²) in [6, 6.07) is 12.3. The second-order valence-electron chi connectivity index (χ2n) is 7.03. The van der Waals surface area contributed by atoms with Gasteiger partial charge in [0.15, 0.2) is 5.65 Å². The Morgan fingerprint density at radius 3 is 2.48 bits per heavy atom. The Balaban J connectivity index is 0.00000210. The lowest BCUT2D eigenvalue weighted by atomic mass is 10.1. The molecule has 0 saturated heterocycles. The van der Waals surface area contributed by atoms with Crippen molar-refractivity contribution < 1.29 is 4.79 Å². The number of amides is 1. The van der Waals surface area contributed by atoms with Crippen molar-refractivity contribution in [2.24, 2.45) is 5.73 Å². The summed E-state index contributed by atoms with van der Waals surface area (Å²) < 4.78 is 1.88. The van der Waals surface area contributed by atoms with E-state index < -0.39 is 0 Å². The van der Waals surface area contributed by atoms with Crippen LogP contribution in [0.1, 0.15) is 41.5 Å². The van der Waals surface area contributed by atoms with Gasteiger partial charge in [0.1, 0.15) is 0 Å². The molecule has 158 valence electrons. The largest absolute Gasteiger partial charge is 0.337 e. The van der Waals surface area contributed by atoms with E-state index in [1.54, 1.807) is 6.20 Å². The Bertz CT molecular complexity index is 927. The molecular formula is C21H29Cl2N5O. The van der Waals surface area contributed by atoms with Gasteiger partial charge < -0.3 is 10.6 Å². The summed E-state index contributed by atoms with van der Waals surface area (Å²) in [5.41, 5.74) is 9.11. The smallest absolute Gasteiger partial charge is 0.255 e. The summed E-state index contributed by atoms with van der Waals surface area (Å²) in [6.45, 7) is 7.59. The molecule has 0 aliphatic carbocycles. The third-order valence-electron chi connectivity index (χ3n) is 4.68. The zero-order valence-corrected chi connectivity index (χ0v) is 18.7. The lowest BCUT2D eigenvalue weighted by Crippen LogP contribution is -2.37. The quantitative estimate of drug-likeness (QED) is 0.609. The number of fused-ring (bicyclic) bond motifs is 1. The molecule has 3 rings (SSSR count). The summed E-state index contributed by atoms with van der Waals surface area (Å²) in [5, 5.41) is 5.29. The average molecular weight is 438 g/mol. The van der Waals surface area contributed by atoms with Gasteiger partial charge in [0.2, 0.25) is 0 Å². The molecule has 0 unspecified atom stereocenters. The van der Waals surface area contributed by atoms with Crippen LogP contribution < -0.4 is 5.73 Å². The van der Waals surface area contributed by atoms with Crippen molar-refractivity contribution in [1.82, 2.24) is 19.7 Å². The van der Waals surface area contributed by atoms with Crippen molar-refractivity contribution in [3.63, 3.8) is 0 Å². The zero-order chi connectivity index (χ0) is 19.4. The van der Waals surface area contributed by atoms with E-state index in [0.29, 0.717) is 25.2 Å². The number of rotatable bonds is 7. The number of nitrogens with zero attached hydrogens (tertiary/aromatic N) is 4. The van der Waals surface area contributed by atoms with Crippen LogP contribution in [0.25, 0.3) is 11.0 Å². The number of hydrogen-bond acceptors (Lipinski definition) is 4. The summed E-state index contributed by atoms with van der Waals surface area (Å²) in [4.78, 5) is 19.6. The number of hydrogen-bond donors (Lipinski definition) is 1. The molecule has 0 spiro atoms. The Morgan fingerprint density at radius 2 is 1.86 bits per heavy atom. The van der Waals surface area contributed by atoms with Crippen LogP contribution in [0.2, 0.25) is 0 Å². The lowest BCUT2D eigenvalue weighted by Gasteiger charge is -2.23. The fraction of sp³-hybridized carbons (Fsp3) is 0.381. The van der Waals surface area contributed by atoms with Crippen LogP contribution in [0, 0.1) is 6.92 Å². The van der Waals surface area contributed by atoms with Crippen molar-refractivity contribution in [3.05, 3.63) is 59.4 Å². The highest BCUT2D eigenvalue weighted by Crippen LogP contribution is 2.20. The molecule has 3 aromatic rings. The van der Waals surface area contributed by atoms with E-state index in [0.717, 1.165) is 23.1 Å². The van der Waals surface area contributed by atoms with Gasteiger partial charge in [-0.05, 0) is 38.8 Å². The van der Waals surface area contributed by atoms with Crippen molar-refractivity contribution in [3.8, 4) is 0 Å². The van der Waals surface area contributed by atoms with Crippen LogP contribution in [0.15, 0.2) is 42.6 Å². The highest BCUT2D eigenvalue weighted by Gasteiger charge is 2.20. The molecule has 8 heteroatoms. The highest BCUT2D eigenvalue weighted by atomic mass is 35.5. The van der Waals surface area contributed by atoms with Crippen LogP contribution in [0.4, 0.5) is 0 Å². The number of halogens is 2. The minimum absolute atomic E-state index is 0. The maximum atomic E-state index is 13.2. The van der Waals surface area contributed by atoms with Crippen LogP contribution in [-0.4, -0.2) is 45.2 Å². The van der Waals surface area contributed by atoms with Crippen molar-refractivity contribution in [2.45, 2.75) is 33.2 Å². The normalized spacial score (nSPS) is 10.5. The number of benzene rings is 1. The molecule has 2 aromatic heterocycles. The Hall–Kier alpha value is -2.15. The van der Waals surface area contributed by atoms with E-state index in [9.17, 15) is 4.79 Å². The average Bonchev–Trinajstić information content (AvgIpc) is 3.07. The van der Waals surface area contributed by atoms with Gasteiger partial charge in [-0.25, -0.2) is 9.67 Å². The number of pyridine rings is 1. The second-order valence-corrected chi connectivity index (χ2v) is 7.03. The summed E-state index contributed by atoms with van der Waals surface area (Å²) in [5.74, 6) is -0.0272. The number of carbonyl (C=O) groups is 1. The van der Waals surface area contributed by atoms with Crippen LogP contribution in [-0.2, 0) is 6.42 Å². The van der Waals surface area contributed by atoms with Crippen molar-refractivity contribution in [1.29, 1.82) is 0 Å². The Morgan fingerprint density at radius 1 is 1.17 bits per heavy atom. The van der Waals surface area contributed by atoms with Gasteiger partial charge in [-0.2, -0.15) is 5.10 Å². The fourth-order valence-corrected chi connectivity index (χ4v) is 3.21. The standard InChI is InChI=1S/C21H27N5O.2ClH/c1-15(2)26-20-18(14-23-26)13-19(16(3)24-20)21(27)25(12-10-22)11-9-17-7-5-4-6-8-17;;/h4-8,13-15H,9-12,22H2,1-3H3;2*1H.